The van der Waals surface area contributed by atoms with E-state index in [1.54, 1.807) is 13.1 Å². The molecule has 0 radical (unpaired) electrons. The molecule has 21 heavy (non-hydrogen) atoms. The molecule has 110 valence electrons. The van der Waals surface area contributed by atoms with E-state index in [-0.39, 0.29) is 11.2 Å². The first-order valence-electron chi connectivity index (χ1n) is 6.90. The van der Waals surface area contributed by atoms with Crippen LogP contribution in [0.4, 0.5) is 0 Å². The topological polar surface area (TPSA) is 70.3 Å². The van der Waals surface area contributed by atoms with Crippen molar-refractivity contribution in [2.24, 2.45) is 0 Å². The van der Waals surface area contributed by atoms with Crippen molar-refractivity contribution < 1.29 is 13.7 Å². The molecule has 0 bridgehead atoms. The van der Waals surface area contributed by atoms with Crippen molar-refractivity contribution in [3.8, 4) is 11.6 Å². The minimum absolute atomic E-state index is 0.361. The quantitative estimate of drug-likeness (QED) is 0.783. The molecule has 0 aromatic carbocycles. The molecule has 6 nitrogen and oxygen atoms in total. The average Bonchev–Trinajstić information content (AvgIpc) is 2.92. The standard InChI is InChI=1S/C14H18BN3O3/c1-9-17-18-12(19-9)11-7-6-10(8-16-11)15-20-13(2,3)14(4,5)21-15/h6-8H,1-5H3. The van der Waals surface area contributed by atoms with Crippen molar-refractivity contribution in [3.05, 3.63) is 24.2 Å². The molecule has 1 saturated heterocycles. The Balaban J connectivity index is 1.83. The maximum absolute atomic E-state index is 5.99. The van der Waals surface area contributed by atoms with Crippen molar-refractivity contribution in [1.82, 2.24) is 15.2 Å². The second kappa shape index (κ2) is 4.64. The van der Waals surface area contributed by atoms with Crippen LogP contribution in [0.2, 0.25) is 0 Å². The van der Waals surface area contributed by atoms with Gasteiger partial charge in [-0.25, -0.2) is 0 Å². The minimum atomic E-state index is -0.416. The molecule has 0 saturated carbocycles. The zero-order chi connectivity index (χ0) is 15.3. The fourth-order valence-corrected chi connectivity index (χ4v) is 2.05. The van der Waals surface area contributed by atoms with Crippen LogP contribution >= 0.6 is 0 Å². The molecular formula is C14H18BN3O3. The molecule has 0 unspecified atom stereocenters. The van der Waals surface area contributed by atoms with E-state index in [0.717, 1.165) is 5.46 Å². The van der Waals surface area contributed by atoms with Crippen LogP contribution in [-0.4, -0.2) is 33.5 Å². The van der Waals surface area contributed by atoms with Crippen molar-refractivity contribution in [2.45, 2.75) is 45.8 Å². The number of rotatable bonds is 2. The van der Waals surface area contributed by atoms with Crippen molar-refractivity contribution in [2.75, 3.05) is 0 Å². The Hall–Kier alpha value is -1.73. The number of aryl methyl sites for hydroxylation is 1. The van der Waals surface area contributed by atoms with E-state index in [1.807, 2.05) is 39.8 Å². The highest BCUT2D eigenvalue weighted by Crippen LogP contribution is 2.36. The van der Waals surface area contributed by atoms with E-state index in [9.17, 15) is 0 Å². The van der Waals surface area contributed by atoms with Gasteiger partial charge in [0.05, 0.1) is 11.2 Å². The van der Waals surface area contributed by atoms with E-state index in [0.29, 0.717) is 17.5 Å². The predicted molar refractivity (Wildman–Crippen MR) is 78.0 cm³/mol. The Morgan fingerprint density at radius 2 is 1.67 bits per heavy atom. The lowest BCUT2D eigenvalue weighted by molar-refractivity contribution is 0.00578. The second-order valence-corrected chi connectivity index (χ2v) is 6.19. The first-order chi connectivity index (χ1) is 9.78. The van der Waals surface area contributed by atoms with Crippen LogP contribution in [0.1, 0.15) is 33.6 Å². The Labute approximate surface area is 124 Å². The van der Waals surface area contributed by atoms with Gasteiger partial charge in [0.2, 0.25) is 5.89 Å². The molecule has 0 atom stereocenters. The molecule has 1 aliphatic heterocycles. The van der Waals surface area contributed by atoms with Crippen LogP contribution in [0.25, 0.3) is 11.6 Å². The summed E-state index contributed by atoms with van der Waals surface area (Å²) < 4.78 is 17.3. The average molecular weight is 287 g/mol. The maximum Gasteiger partial charge on any atom is 0.496 e. The van der Waals surface area contributed by atoms with Crippen LogP contribution in [0, 0.1) is 6.92 Å². The summed E-state index contributed by atoms with van der Waals surface area (Å²) in [7, 11) is -0.416. The maximum atomic E-state index is 5.99. The smallest absolute Gasteiger partial charge is 0.420 e. The summed E-state index contributed by atoms with van der Waals surface area (Å²) in [4.78, 5) is 4.35. The van der Waals surface area contributed by atoms with Gasteiger partial charge in [0.1, 0.15) is 5.69 Å². The van der Waals surface area contributed by atoms with Gasteiger partial charge in [0.25, 0.3) is 5.89 Å². The van der Waals surface area contributed by atoms with Gasteiger partial charge in [-0.1, -0.05) is 6.07 Å². The summed E-state index contributed by atoms with van der Waals surface area (Å²) in [5, 5.41) is 7.74. The molecular weight excluding hydrogens is 269 g/mol. The number of aromatic nitrogens is 3. The molecule has 1 aliphatic rings. The van der Waals surface area contributed by atoms with E-state index < -0.39 is 7.12 Å². The van der Waals surface area contributed by atoms with Crippen molar-refractivity contribution in [3.63, 3.8) is 0 Å². The zero-order valence-electron chi connectivity index (χ0n) is 12.9. The Kier molecular flexibility index (Phi) is 3.14. The lowest BCUT2D eigenvalue weighted by Gasteiger charge is -2.32. The second-order valence-electron chi connectivity index (χ2n) is 6.19. The normalized spacial score (nSPS) is 20.0. The zero-order valence-corrected chi connectivity index (χ0v) is 12.9. The van der Waals surface area contributed by atoms with Gasteiger partial charge in [-0.15, -0.1) is 10.2 Å². The number of pyridine rings is 1. The van der Waals surface area contributed by atoms with Gasteiger partial charge in [0, 0.05) is 18.6 Å². The third kappa shape index (κ3) is 2.47. The Morgan fingerprint density at radius 1 is 1.00 bits per heavy atom. The van der Waals surface area contributed by atoms with Gasteiger partial charge < -0.3 is 13.7 Å². The first kappa shape index (κ1) is 14.2. The highest BCUT2D eigenvalue weighted by atomic mass is 16.7. The van der Waals surface area contributed by atoms with Crippen LogP contribution in [0.15, 0.2) is 22.7 Å². The highest BCUT2D eigenvalue weighted by molar-refractivity contribution is 6.62. The van der Waals surface area contributed by atoms with Gasteiger partial charge in [-0.3, -0.25) is 4.98 Å². The van der Waals surface area contributed by atoms with Gasteiger partial charge in [-0.2, -0.15) is 0 Å². The van der Waals surface area contributed by atoms with Crippen LogP contribution in [0.3, 0.4) is 0 Å². The SMILES string of the molecule is Cc1nnc(-c2ccc(B3OC(C)(C)C(C)(C)O3)cn2)o1. The summed E-state index contributed by atoms with van der Waals surface area (Å²) in [6, 6.07) is 3.73. The summed E-state index contributed by atoms with van der Waals surface area (Å²) in [6.07, 6.45) is 1.72. The highest BCUT2D eigenvalue weighted by Gasteiger charge is 2.51. The Bertz CT molecular complexity index is 636. The fourth-order valence-electron chi connectivity index (χ4n) is 2.05. The predicted octanol–water partition coefficient (Wildman–Crippen LogP) is 1.74. The molecule has 0 N–H and O–H groups in total. The molecule has 2 aromatic heterocycles. The summed E-state index contributed by atoms with van der Waals surface area (Å²) in [6.45, 7) is 9.84. The monoisotopic (exact) mass is 287 g/mol. The van der Waals surface area contributed by atoms with Crippen molar-refractivity contribution in [1.29, 1.82) is 0 Å². The molecule has 1 fully saturated rings. The fraction of sp³-hybridized carbons (Fsp3) is 0.500. The van der Waals surface area contributed by atoms with E-state index >= 15 is 0 Å². The first-order valence-corrected chi connectivity index (χ1v) is 6.90. The number of hydrogen-bond acceptors (Lipinski definition) is 6. The van der Waals surface area contributed by atoms with Crippen LogP contribution < -0.4 is 5.46 Å². The summed E-state index contributed by atoms with van der Waals surface area (Å²) in [5.74, 6) is 0.926. The summed E-state index contributed by atoms with van der Waals surface area (Å²) >= 11 is 0. The van der Waals surface area contributed by atoms with Gasteiger partial charge >= 0.3 is 7.12 Å². The largest absolute Gasteiger partial charge is 0.496 e. The Morgan fingerprint density at radius 3 is 2.14 bits per heavy atom. The molecule has 7 heteroatoms. The van der Waals surface area contributed by atoms with Gasteiger partial charge in [-0.05, 0) is 33.8 Å². The van der Waals surface area contributed by atoms with Gasteiger partial charge in [0.15, 0.2) is 0 Å². The number of nitrogens with zero attached hydrogens (tertiary/aromatic N) is 3. The van der Waals surface area contributed by atoms with E-state index in [4.69, 9.17) is 13.7 Å². The molecule has 3 rings (SSSR count). The molecule has 3 heterocycles. The third-order valence-corrected chi connectivity index (χ3v) is 4.06. The molecule has 0 spiro atoms. The molecule has 0 amide bonds. The third-order valence-electron chi connectivity index (χ3n) is 4.06. The lowest BCUT2D eigenvalue weighted by Crippen LogP contribution is -2.41. The van der Waals surface area contributed by atoms with E-state index in [2.05, 4.69) is 15.2 Å². The minimum Gasteiger partial charge on any atom is -0.420 e. The van der Waals surface area contributed by atoms with Crippen LogP contribution in [-0.2, 0) is 9.31 Å². The van der Waals surface area contributed by atoms with Crippen LogP contribution in [0.5, 0.6) is 0 Å². The van der Waals surface area contributed by atoms with Crippen molar-refractivity contribution >= 4 is 12.6 Å². The lowest BCUT2D eigenvalue weighted by atomic mass is 9.80. The molecule has 0 aliphatic carbocycles. The number of hydrogen-bond donors (Lipinski definition) is 0. The van der Waals surface area contributed by atoms with E-state index in [1.165, 1.54) is 0 Å². The molecule has 2 aromatic rings. The summed E-state index contributed by atoms with van der Waals surface area (Å²) in [5.41, 5.74) is 0.782.